The number of nitrogens with one attached hydrogen (secondary N) is 1. The average molecular weight is 264 g/mol. The fourth-order valence-electron chi connectivity index (χ4n) is 2.70. The van der Waals surface area contributed by atoms with Crippen LogP contribution in [0.2, 0.25) is 0 Å². The molecule has 1 aliphatic heterocycles. The lowest BCUT2D eigenvalue weighted by Crippen LogP contribution is -2.37. The molecule has 0 aromatic rings. The van der Waals surface area contributed by atoms with Crippen molar-refractivity contribution in [3.63, 3.8) is 0 Å². The summed E-state index contributed by atoms with van der Waals surface area (Å²) in [6.07, 6.45) is 5.39. The molecule has 104 valence electrons. The van der Waals surface area contributed by atoms with Crippen molar-refractivity contribution in [1.29, 1.82) is 0 Å². The predicted octanol–water partition coefficient (Wildman–Crippen LogP) is 0.852. The van der Waals surface area contributed by atoms with E-state index in [0.717, 1.165) is 0 Å². The molecule has 0 unspecified atom stereocenters. The first-order chi connectivity index (χ1) is 9.00. The Labute approximate surface area is 113 Å². The third-order valence-corrected chi connectivity index (χ3v) is 3.61. The number of imide groups is 1. The van der Waals surface area contributed by atoms with E-state index in [-0.39, 0.29) is 48.6 Å². The second-order valence-corrected chi connectivity index (χ2v) is 5.46. The second kappa shape index (κ2) is 5.55. The molecule has 0 spiro atoms. The van der Waals surface area contributed by atoms with Crippen LogP contribution in [-0.2, 0) is 14.4 Å². The van der Waals surface area contributed by atoms with Crippen LogP contribution in [0.1, 0.15) is 33.1 Å². The summed E-state index contributed by atoms with van der Waals surface area (Å²) in [4.78, 5) is 37.1. The van der Waals surface area contributed by atoms with Gasteiger partial charge in [-0.15, -0.1) is 0 Å². The number of rotatable bonds is 4. The van der Waals surface area contributed by atoms with Crippen LogP contribution in [0.25, 0.3) is 0 Å². The summed E-state index contributed by atoms with van der Waals surface area (Å²) in [6, 6.07) is 0.0734. The third kappa shape index (κ3) is 2.85. The molecule has 0 bridgehead atoms. The van der Waals surface area contributed by atoms with Gasteiger partial charge in [0.05, 0.1) is 11.8 Å². The zero-order chi connectivity index (χ0) is 14.0. The van der Waals surface area contributed by atoms with Crippen LogP contribution >= 0.6 is 0 Å². The summed E-state index contributed by atoms with van der Waals surface area (Å²) in [6.45, 7) is 3.96. The normalized spacial score (nSPS) is 25.9. The quantitative estimate of drug-likeness (QED) is 0.605. The first-order valence-electron chi connectivity index (χ1n) is 6.80. The highest BCUT2D eigenvalue weighted by molar-refractivity contribution is 6.05. The van der Waals surface area contributed by atoms with Crippen LogP contribution in [0.15, 0.2) is 12.2 Å². The van der Waals surface area contributed by atoms with Crippen LogP contribution < -0.4 is 5.32 Å². The molecule has 2 aliphatic rings. The number of carbonyl (C=O) groups excluding carboxylic acids is 3. The van der Waals surface area contributed by atoms with Crippen molar-refractivity contribution in [3.8, 4) is 0 Å². The molecular formula is C14H20N2O3. The molecule has 0 aromatic carbocycles. The van der Waals surface area contributed by atoms with Gasteiger partial charge in [-0.2, -0.15) is 0 Å². The number of hydrogen-bond acceptors (Lipinski definition) is 3. The molecule has 3 amide bonds. The summed E-state index contributed by atoms with van der Waals surface area (Å²) in [5.74, 6) is -0.756. The topological polar surface area (TPSA) is 66.5 Å². The van der Waals surface area contributed by atoms with Gasteiger partial charge in [-0.3, -0.25) is 19.3 Å². The zero-order valence-electron chi connectivity index (χ0n) is 11.4. The molecule has 0 radical (unpaired) electrons. The fraction of sp³-hybridized carbons (Fsp3) is 0.643. The number of hydrogen-bond donors (Lipinski definition) is 1. The predicted molar refractivity (Wildman–Crippen MR) is 70.0 cm³/mol. The minimum absolute atomic E-state index is 0.0734. The van der Waals surface area contributed by atoms with Crippen molar-refractivity contribution in [2.75, 3.05) is 6.54 Å². The maximum absolute atomic E-state index is 12.1. The lowest BCUT2D eigenvalue weighted by molar-refractivity contribution is -0.140. The van der Waals surface area contributed by atoms with Crippen molar-refractivity contribution in [3.05, 3.63) is 12.2 Å². The molecule has 5 heteroatoms. The summed E-state index contributed by atoms with van der Waals surface area (Å²) < 4.78 is 0. The highest BCUT2D eigenvalue weighted by Crippen LogP contribution is 2.34. The molecule has 2 rings (SSSR count). The Hall–Kier alpha value is -1.65. The smallest absolute Gasteiger partial charge is 0.233 e. The van der Waals surface area contributed by atoms with Crippen molar-refractivity contribution < 1.29 is 14.4 Å². The minimum atomic E-state index is -0.203. The lowest BCUT2D eigenvalue weighted by Gasteiger charge is -2.15. The first-order valence-corrected chi connectivity index (χ1v) is 6.80. The molecule has 0 aromatic heterocycles. The van der Waals surface area contributed by atoms with E-state index in [2.05, 4.69) is 5.32 Å². The molecular weight excluding hydrogens is 244 g/mol. The number of nitrogens with zero attached hydrogens (tertiary/aromatic N) is 1. The van der Waals surface area contributed by atoms with E-state index >= 15 is 0 Å². The first kappa shape index (κ1) is 13.8. The largest absolute Gasteiger partial charge is 0.354 e. The molecule has 1 saturated heterocycles. The fourth-order valence-corrected chi connectivity index (χ4v) is 2.70. The van der Waals surface area contributed by atoms with Gasteiger partial charge < -0.3 is 5.32 Å². The summed E-state index contributed by atoms with van der Waals surface area (Å²) in [5.41, 5.74) is 0. The average Bonchev–Trinajstić information content (AvgIpc) is 2.60. The monoisotopic (exact) mass is 264 g/mol. The van der Waals surface area contributed by atoms with Crippen LogP contribution in [-0.4, -0.2) is 35.2 Å². The van der Waals surface area contributed by atoms with Crippen LogP contribution in [0.3, 0.4) is 0 Å². The molecule has 1 aliphatic carbocycles. The zero-order valence-corrected chi connectivity index (χ0v) is 11.4. The number of amides is 3. The van der Waals surface area contributed by atoms with Gasteiger partial charge in [0.1, 0.15) is 0 Å². The number of allylic oxidation sites excluding steroid dienone is 2. The lowest BCUT2D eigenvalue weighted by atomic mass is 9.85. The van der Waals surface area contributed by atoms with Gasteiger partial charge in [-0.1, -0.05) is 12.2 Å². The van der Waals surface area contributed by atoms with E-state index in [0.29, 0.717) is 12.8 Å². The van der Waals surface area contributed by atoms with Gasteiger partial charge >= 0.3 is 0 Å². The Bertz CT molecular complexity index is 402. The molecule has 1 heterocycles. The Morgan fingerprint density at radius 2 is 1.79 bits per heavy atom. The van der Waals surface area contributed by atoms with Crippen molar-refractivity contribution in [2.24, 2.45) is 11.8 Å². The molecule has 1 N–H and O–H groups in total. The maximum Gasteiger partial charge on any atom is 0.233 e. The highest BCUT2D eigenvalue weighted by atomic mass is 16.2. The van der Waals surface area contributed by atoms with Crippen molar-refractivity contribution in [1.82, 2.24) is 10.2 Å². The van der Waals surface area contributed by atoms with E-state index in [1.807, 2.05) is 26.0 Å². The van der Waals surface area contributed by atoms with Crippen molar-refractivity contribution >= 4 is 17.7 Å². The van der Waals surface area contributed by atoms with E-state index in [4.69, 9.17) is 0 Å². The summed E-state index contributed by atoms with van der Waals surface area (Å²) in [5, 5.41) is 2.76. The van der Waals surface area contributed by atoms with Crippen LogP contribution in [0, 0.1) is 11.8 Å². The van der Waals surface area contributed by atoms with Gasteiger partial charge in [0.2, 0.25) is 17.7 Å². The van der Waals surface area contributed by atoms with Gasteiger partial charge in [0.15, 0.2) is 0 Å². The number of fused-ring (bicyclic) bond motifs is 1. The van der Waals surface area contributed by atoms with E-state index < -0.39 is 0 Å². The van der Waals surface area contributed by atoms with Crippen LogP contribution in [0.4, 0.5) is 0 Å². The van der Waals surface area contributed by atoms with Crippen molar-refractivity contribution in [2.45, 2.75) is 39.2 Å². The highest BCUT2D eigenvalue weighted by Gasteiger charge is 2.46. The Balaban J connectivity index is 1.93. The Morgan fingerprint density at radius 3 is 2.26 bits per heavy atom. The van der Waals surface area contributed by atoms with E-state index in [1.165, 1.54) is 4.90 Å². The standard InChI is InChI=1S/C14H20N2O3/c1-9(2)15-12(17)7-8-16-13(18)10-5-3-4-6-11(10)14(16)19/h3-4,9-11H,5-8H2,1-2H3,(H,15,17)/t10-,11-/m1/s1. The number of carbonyl (C=O) groups is 3. The molecule has 5 nitrogen and oxygen atoms in total. The SMILES string of the molecule is CC(C)NC(=O)CCN1C(=O)[C@@H]2CC=CC[C@H]2C1=O. The van der Waals surface area contributed by atoms with Gasteiger partial charge in [-0.05, 0) is 26.7 Å². The summed E-state index contributed by atoms with van der Waals surface area (Å²) >= 11 is 0. The Morgan fingerprint density at radius 1 is 1.26 bits per heavy atom. The van der Waals surface area contributed by atoms with E-state index in [1.54, 1.807) is 0 Å². The molecule has 1 fully saturated rings. The van der Waals surface area contributed by atoms with Gasteiger partial charge in [0.25, 0.3) is 0 Å². The van der Waals surface area contributed by atoms with Crippen LogP contribution in [0.5, 0.6) is 0 Å². The Kier molecular flexibility index (Phi) is 4.02. The van der Waals surface area contributed by atoms with Gasteiger partial charge in [0, 0.05) is 19.0 Å². The minimum Gasteiger partial charge on any atom is -0.354 e. The second-order valence-electron chi connectivity index (χ2n) is 5.46. The third-order valence-electron chi connectivity index (χ3n) is 3.61. The summed E-state index contributed by atoms with van der Waals surface area (Å²) in [7, 11) is 0. The maximum atomic E-state index is 12.1. The molecule has 2 atom stereocenters. The van der Waals surface area contributed by atoms with Gasteiger partial charge in [-0.25, -0.2) is 0 Å². The molecule has 0 saturated carbocycles. The number of likely N-dealkylation sites (tertiary alicyclic amines) is 1. The van der Waals surface area contributed by atoms with E-state index in [9.17, 15) is 14.4 Å². The molecule has 19 heavy (non-hydrogen) atoms.